The zero-order valence-corrected chi connectivity index (χ0v) is 11.9. The monoisotopic (exact) mass is 293 g/mol. The van der Waals surface area contributed by atoms with Crippen LogP contribution in [0.1, 0.15) is 37.8 Å². The van der Waals surface area contributed by atoms with Gasteiger partial charge in [0.15, 0.2) is 5.78 Å². The molecule has 1 aliphatic carbocycles. The predicted octanol–water partition coefficient (Wildman–Crippen LogP) is 1.81. The van der Waals surface area contributed by atoms with Gasteiger partial charge >= 0.3 is 11.9 Å². The topological polar surface area (TPSA) is 96.6 Å². The van der Waals surface area contributed by atoms with Crippen LogP contribution in [0.15, 0.2) is 18.3 Å². The summed E-state index contributed by atoms with van der Waals surface area (Å²) in [5.74, 6) is -5.92. The molecule has 114 valence electrons. The molecule has 0 spiro atoms. The van der Waals surface area contributed by atoms with Crippen LogP contribution in [0.3, 0.4) is 0 Å². The molecule has 0 bridgehead atoms. The van der Waals surface area contributed by atoms with E-state index < -0.39 is 29.2 Å². The summed E-state index contributed by atoms with van der Waals surface area (Å²) in [6.45, 7) is 1.83. The molecule has 1 aliphatic rings. The molecular formula is C15H19NO5. The van der Waals surface area contributed by atoms with E-state index in [1.165, 1.54) is 0 Å². The van der Waals surface area contributed by atoms with E-state index in [9.17, 15) is 14.4 Å². The minimum absolute atomic E-state index is 0.485. The molecule has 2 N–H and O–H groups in total. The van der Waals surface area contributed by atoms with Crippen LogP contribution in [0, 0.1) is 12.8 Å². The maximum Gasteiger partial charge on any atom is 0.325 e. The van der Waals surface area contributed by atoms with Crippen molar-refractivity contribution >= 4 is 17.7 Å². The molecule has 0 radical (unpaired) electrons. The van der Waals surface area contributed by atoms with Gasteiger partial charge in [-0.05, 0) is 31.9 Å². The van der Waals surface area contributed by atoms with Crippen molar-refractivity contribution in [1.29, 1.82) is 0 Å². The number of hydrogen-bond donors (Lipinski definition) is 2. The smallest absolute Gasteiger partial charge is 0.325 e. The Balaban J connectivity index is 2.50. The first-order valence-electron chi connectivity index (χ1n) is 7.04. The van der Waals surface area contributed by atoms with Gasteiger partial charge in [0.25, 0.3) is 0 Å². The number of aryl methyl sites for hydroxylation is 1. The molecule has 0 aromatic carbocycles. The Morgan fingerprint density at radius 2 is 1.71 bits per heavy atom. The molecule has 0 unspecified atom stereocenters. The molecule has 1 heterocycles. The molecule has 1 fully saturated rings. The minimum atomic E-state index is -2.01. The van der Waals surface area contributed by atoms with Crippen LogP contribution in [-0.4, -0.2) is 32.5 Å². The first kappa shape index (κ1) is 15.3. The van der Waals surface area contributed by atoms with Crippen molar-refractivity contribution in [3.63, 3.8) is 0 Å². The second-order valence-electron chi connectivity index (χ2n) is 5.59. The summed E-state index contributed by atoms with van der Waals surface area (Å²) >= 11 is 0. The number of nitrogens with zero attached hydrogens (tertiary/aromatic N) is 1. The lowest BCUT2D eigenvalue weighted by Crippen LogP contribution is -2.50. The highest BCUT2D eigenvalue weighted by Crippen LogP contribution is 2.39. The average molecular weight is 293 g/mol. The van der Waals surface area contributed by atoms with E-state index in [4.69, 9.17) is 10.2 Å². The number of carboxylic acid groups (broad SMARTS) is 2. The highest BCUT2D eigenvalue weighted by Gasteiger charge is 2.49. The Morgan fingerprint density at radius 1 is 1.14 bits per heavy atom. The highest BCUT2D eigenvalue weighted by molar-refractivity contribution is 6.16. The standard InChI is InChI=1S/C15H19NO5/c1-10-6-5-9-16(10)15(7-3-2-4-8-15)12(17)11(13(18)19)14(20)21/h5-6,9,11H,2-4,7-8H2,1H3,(H,18,19)(H,20,21). The van der Waals surface area contributed by atoms with E-state index in [1.807, 2.05) is 13.0 Å². The van der Waals surface area contributed by atoms with Crippen LogP contribution < -0.4 is 0 Å². The molecule has 6 heteroatoms. The fraction of sp³-hybridized carbons (Fsp3) is 0.533. The lowest BCUT2D eigenvalue weighted by Gasteiger charge is -2.39. The number of carboxylic acids is 2. The van der Waals surface area contributed by atoms with Crippen molar-refractivity contribution < 1.29 is 24.6 Å². The van der Waals surface area contributed by atoms with E-state index in [1.54, 1.807) is 16.8 Å². The third-order valence-corrected chi connectivity index (χ3v) is 4.31. The van der Waals surface area contributed by atoms with Gasteiger partial charge in [0.1, 0.15) is 5.54 Å². The largest absolute Gasteiger partial charge is 0.480 e. The number of aromatic nitrogens is 1. The molecular weight excluding hydrogens is 274 g/mol. The molecule has 2 rings (SSSR count). The Kier molecular flexibility index (Phi) is 4.16. The minimum Gasteiger partial charge on any atom is -0.480 e. The van der Waals surface area contributed by atoms with Crippen LogP contribution in [0.25, 0.3) is 0 Å². The number of rotatable bonds is 5. The third kappa shape index (κ3) is 2.57. The summed E-state index contributed by atoms with van der Waals surface area (Å²) in [5.41, 5.74) is -0.215. The second kappa shape index (κ2) is 5.71. The van der Waals surface area contributed by atoms with Crippen LogP contribution in [-0.2, 0) is 19.9 Å². The SMILES string of the molecule is Cc1cccn1C1(C(=O)C(C(=O)O)C(=O)O)CCCCC1. The molecule has 0 atom stereocenters. The summed E-state index contributed by atoms with van der Waals surface area (Å²) in [6, 6.07) is 3.62. The van der Waals surface area contributed by atoms with E-state index >= 15 is 0 Å². The number of ketones is 1. The van der Waals surface area contributed by atoms with Crippen molar-refractivity contribution in [2.75, 3.05) is 0 Å². The van der Waals surface area contributed by atoms with E-state index in [-0.39, 0.29) is 0 Å². The predicted molar refractivity (Wildman–Crippen MR) is 74.0 cm³/mol. The van der Waals surface area contributed by atoms with Gasteiger partial charge in [0, 0.05) is 11.9 Å². The zero-order chi connectivity index (χ0) is 15.6. The lowest BCUT2D eigenvalue weighted by atomic mass is 9.74. The Labute approximate surface area is 122 Å². The zero-order valence-electron chi connectivity index (χ0n) is 11.9. The molecule has 0 amide bonds. The first-order chi connectivity index (χ1) is 9.90. The van der Waals surface area contributed by atoms with Crippen LogP contribution in [0.2, 0.25) is 0 Å². The van der Waals surface area contributed by atoms with Crippen LogP contribution >= 0.6 is 0 Å². The number of carbonyl (C=O) groups excluding carboxylic acids is 1. The fourth-order valence-corrected chi connectivity index (χ4v) is 3.29. The van der Waals surface area contributed by atoms with Gasteiger partial charge < -0.3 is 14.8 Å². The highest BCUT2D eigenvalue weighted by atomic mass is 16.4. The molecule has 6 nitrogen and oxygen atoms in total. The van der Waals surface area contributed by atoms with Crippen molar-refractivity contribution in [2.24, 2.45) is 5.92 Å². The number of Topliss-reactive ketones (excluding diaryl/α,β-unsaturated/α-hetero) is 1. The van der Waals surface area contributed by atoms with Crippen LogP contribution in [0.4, 0.5) is 0 Å². The normalized spacial score (nSPS) is 17.6. The molecule has 0 aliphatic heterocycles. The first-order valence-corrected chi connectivity index (χ1v) is 7.04. The van der Waals surface area contributed by atoms with Crippen LogP contribution in [0.5, 0.6) is 0 Å². The van der Waals surface area contributed by atoms with Crippen molar-refractivity contribution in [3.8, 4) is 0 Å². The van der Waals surface area contributed by atoms with E-state index in [0.717, 1.165) is 25.0 Å². The molecule has 0 saturated heterocycles. The van der Waals surface area contributed by atoms with Gasteiger partial charge in [0.2, 0.25) is 5.92 Å². The maximum absolute atomic E-state index is 12.8. The van der Waals surface area contributed by atoms with Crippen molar-refractivity contribution in [3.05, 3.63) is 24.0 Å². The van der Waals surface area contributed by atoms with E-state index in [0.29, 0.717) is 12.8 Å². The molecule has 21 heavy (non-hydrogen) atoms. The number of carbonyl (C=O) groups is 3. The molecule has 1 aromatic heterocycles. The third-order valence-electron chi connectivity index (χ3n) is 4.31. The van der Waals surface area contributed by atoms with Gasteiger partial charge in [-0.15, -0.1) is 0 Å². The van der Waals surface area contributed by atoms with Gasteiger partial charge in [-0.2, -0.15) is 0 Å². The summed E-state index contributed by atoms with van der Waals surface area (Å²) in [5, 5.41) is 18.2. The number of hydrogen-bond acceptors (Lipinski definition) is 3. The van der Waals surface area contributed by atoms with Gasteiger partial charge in [-0.3, -0.25) is 14.4 Å². The second-order valence-corrected chi connectivity index (χ2v) is 5.59. The van der Waals surface area contributed by atoms with Crippen molar-refractivity contribution in [2.45, 2.75) is 44.6 Å². The Bertz CT molecular complexity index is 554. The molecule has 1 aromatic rings. The van der Waals surface area contributed by atoms with Crippen molar-refractivity contribution in [1.82, 2.24) is 4.57 Å². The van der Waals surface area contributed by atoms with E-state index in [2.05, 4.69) is 0 Å². The summed E-state index contributed by atoms with van der Waals surface area (Å²) in [4.78, 5) is 35.2. The number of aliphatic carboxylic acids is 2. The quantitative estimate of drug-likeness (QED) is 0.807. The molecule has 1 saturated carbocycles. The van der Waals surface area contributed by atoms with Gasteiger partial charge in [-0.25, -0.2) is 0 Å². The average Bonchev–Trinajstić information content (AvgIpc) is 2.85. The fourth-order valence-electron chi connectivity index (χ4n) is 3.29. The van der Waals surface area contributed by atoms with Gasteiger partial charge in [0.05, 0.1) is 0 Å². The maximum atomic E-state index is 12.8. The Hall–Kier alpha value is -2.11. The summed E-state index contributed by atoms with van der Waals surface area (Å²) < 4.78 is 1.76. The summed E-state index contributed by atoms with van der Waals surface area (Å²) in [6.07, 6.45) is 5.25. The summed E-state index contributed by atoms with van der Waals surface area (Å²) in [7, 11) is 0. The lowest BCUT2D eigenvalue weighted by molar-refractivity contribution is -0.160. The Morgan fingerprint density at radius 3 is 2.14 bits per heavy atom. The van der Waals surface area contributed by atoms with Gasteiger partial charge in [-0.1, -0.05) is 19.3 Å².